The Kier molecular flexibility index (Phi) is 12.5. The Hall–Kier alpha value is -3.55. The summed E-state index contributed by atoms with van der Waals surface area (Å²) in [7, 11) is 3.86. The summed E-state index contributed by atoms with van der Waals surface area (Å²) < 4.78 is 6.29. The van der Waals surface area contributed by atoms with Crippen LogP contribution in [-0.2, 0) is 4.79 Å². The lowest BCUT2D eigenvalue weighted by Crippen LogP contribution is -2.12. The summed E-state index contributed by atoms with van der Waals surface area (Å²) in [6.45, 7) is 0.499. The van der Waals surface area contributed by atoms with Crippen LogP contribution in [0.1, 0.15) is 81.5 Å². The molecule has 0 saturated carbocycles. The zero-order valence-electron chi connectivity index (χ0n) is 23.5. The van der Waals surface area contributed by atoms with Gasteiger partial charge in [-0.05, 0) is 60.8 Å². The topological polar surface area (TPSA) is 80.7 Å². The van der Waals surface area contributed by atoms with E-state index in [4.69, 9.17) is 4.74 Å². The fraction of sp³-hybridized carbons (Fsp3) is 0.286. The normalized spacial score (nSPS) is 15.7. The molecule has 1 aliphatic heterocycles. The van der Waals surface area contributed by atoms with E-state index in [-0.39, 0.29) is 12.3 Å². The number of hydrogen-bond acceptors (Lipinski definition) is 6. The van der Waals surface area contributed by atoms with E-state index >= 15 is 0 Å². The van der Waals surface area contributed by atoms with Crippen molar-refractivity contribution in [3.05, 3.63) is 100 Å². The van der Waals surface area contributed by atoms with Gasteiger partial charge in [0, 0.05) is 34.1 Å². The second kappa shape index (κ2) is 16.8. The first-order chi connectivity index (χ1) is 20.5. The van der Waals surface area contributed by atoms with Crippen molar-refractivity contribution in [2.45, 2.75) is 43.8 Å². The third-order valence-corrected chi connectivity index (χ3v) is 10.2. The van der Waals surface area contributed by atoms with E-state index < -0.39 is 5.97 Å². The van der Waals surface area contributed by atoms with Gasteiger partial charge < -0.3 is 9.84 Å². The van der Waals surface area contributed by atoms with Crippen molar-refractivity contribution in [2.24, 2.45) is 5.92 Å². The van der Waals surface area contributed by atoms with E-state index in [0.29, 0.717) is 23.0 Å². The second-order valence-corrected chi connectivity index (χ2v) is 13.2. The molecule has 1 fully saturated rings. The largest absolute Gasteiger partial charge is 0.493 e. The summed E-state index contributed by atoms with van der Waals surface area (Å²) >= 11 is 0. The Balaban J connectivity index is 1.43. The minimum atomic E-state index is -0.733. The fourth-order valence-corrected chi connectivity index (χ4v) is 7.80. The van der Waals surface area contributed by atoms with Crippen LogP contribution >= 0.6 is 21.6 Å². The molecule has 218 valence electrons. The van der Waals surface area contributed by atoms with Gasteiger partial charge in [0.2, 0.25) is 0 Å². The number of carbonyl (C=O) groups excluding carboxylic acids is 2. The highest BCUT2D eigenvalue weighted by Crippen LogP contribution is 2.40. The molecule has 2 atom stereocenters. The van der Waals surface area contributed by atoms with Crippen molar-refractivity contribution in [1.82, 2.24) is 0 Å². The van der Waals surface area contributed by atoms with Crippen molar-refractivity contribution < 1.29 is 24.2 Å². The van der Waals surface area contributed by atoms with Gasteiger partial charge in [0.1, 0.15) is 18.3 Å². The van der Waals surface area contributed by atoms with Crippen molar-refractivity contribution in [2.75, 3.05) is 12.4 Å². The minimum absolute atomic E-state index is 0.158. The van der Waals surface area contributed by atoms with Crippen LogP contribution in [0, 0.1) is 5.92 Å². The summed E-state index contributed by atoms with van der Waals surface area (Å²) in [5.41, 5.74) is 5.15. The van der Waals surface area contributed by atoms with E-state index in [1.54, 1.807) is 24.3 Å². The number of carboxylic acids is 1. The molecule has 42 heavy (non-hydrogen) atoms. The van der Waals surface area contributed by atoms with Crippen LogP contribution in [0.25, 0.3) is 24.3 Å². The van der Waals surface area contributed by atoms with Gasteiger partial charge in [0.15, 0.2) is 0 Å². The highest BCUT2D eigenvalue weighted by Gasteiger charge is 2.20. The molecule has 7 heteroatoms. The molecule has 3 aromatic rings. The Morgan fingerprint density at radius 1 is 0.833 bits per heavy atom. The van der Waals surface area contributed by atoms with Crippen LogP contribution in [0.3, 0.4) is 0 Å². The van der Waals surface area contributed by atoms with Gasteiger partial charge in [-0.1, -0.05) is 107 Å². The molecular weight excluding hydrogens is 565 g/mol. The van der Waals surface area contributed by atoms with Gasteiger partial charge in [-0.3, -0.25) is 14.4 Å². The quantitative estimate of drug-likeness (QED) is 0.0761. The van der Waals surface area contributed by atoms with E-state index in [9.17, 15) is 19.5 Å². The van der Waals surface area contributed by atoms with Crippen LogP contribution in [0.5, 0.6) is 5.75 Å². The lowest BCUT2D eigenvalue weighted by atomic mass is 9.93. The maximum atomic E-state index is 11.5. The first-order valence-electron chi connectivity index (χ1n) is 14.3. The number of hydrogen-bond donors (Lipinski definition) is 1. The fourth-order valence-electron chi connectivity index (χ4n) is 4.80. The summed E-state index contributed by atoms with van der Waals surface area (Å²) in [6, 6.07) is 20.8. The average molecular weight is 601 g/mol. The van der Waals surface area contributed by atoms with Crippen LogP contribution in [0.2, 0.25) is 0 Å². The summed E-state index contributed by atoms with van der Waals surface area (Å²) in [4.78, 5) is 33.4. The Bertz CT molecular complexity index is 1370. The van der Waals surface area contributed by atoms with Crippen LogP contribution in [0.4, 0.5) is 0 Å². The first-order valence-corrected chi connectivity index (χ1v) is 16.6. The molecule has 5 nitrogen and oxygen atoms in total. The predicted molar refractivity (Wildman–Crippen MR) is 176 cm³/mol. The Labute approximate surface area is 255 Å². The number of carbonyl (C=O) groups is 3. The number of ether oxygens (including phenoxy) is 1. The Morgan fingerprint density at radius 2 is 1.43 bits per heavy atom. The molecule has 1 saturated heterocycles. The first kappa shape index (κ1) is 31.4. The van der Waals surface area contributed by atoms with Gasteiger partial charge in [0.05, 0.1) is 6.61 Å². The van der Waals surface area contributed by atoms with Gasteiger partial charge in [-0.15, -0.1) is 0 Å². The molecular formula is C35H36O5S2. The van der Waals surface area contributed by atoms with Gasteiger partial charge >= 0.3 is 5.97 Å². The number of rotatable bonds is 16. The minimum Gasteiger partial charge on any atom is -0.493 e. The SMILES string of the molecule is O=Cc1ccc(/C=C/c2ccc(/C=C/c3ccc(C=O)cc3)c(OCCCC(CCC3CCSS3)CC(=O)O)c2)cc1. The number of benzene rings is 3. The molecule has 0 aromatic heterocycles. The van der Waals surface area contributed by atoms with Crippen LogP contribution in [-0.4, -0.2) is 41.3 Å². The van der Waals surface area contributed by atoms with E-state index in [2.05, 4.69) is 0 Å². The van der Waals surface area contributed by atoms with E-state index in [1.807, 2.05) is 88.4 Å². The average Bonchev–Trinajstić information content (AvgIpc) is 3.54. The summed E-state index contributed by atoms with van der Waals surface area (Å²) in [5, 5.41) is 10.1. The number of carboxylic acid groups (broad SMARTS) is 1. The van der Waals surface area contributed by atoms with Crippen molar-refractivity contribution in [3.63, 3.8) is 0 Å². The smallest absolute Gasteiger partial charge is 0.303 e. The van der Waals surface area contributed by atoms with E-state index in [1.165, 1.54) is 12.2 Å². The molecule has 0 aliphatic carbocycles. The van der Waals surface area contributed by atoms with E-state index in [0.717, 1.165) is 66.3 Å². The third-order valence-electron chi connectivity index (χ3n) is 7.21. The molecule has 1 N–H and O–H groups in total. The molecule has 4 rings (SSSR count). The number of aldehydes is 2. The predicted octanol–water partition coefficient (Wildman–Crippen LogP) is 8.84. The maximum Gasteiger partial charge on any atom is 0.303 e. The zero-order valence-corrected chi connectivity index (χ0v) is 25.2. The van der Waals surface area contributed by atoms with Crippen molar-refractivity contribution in [1.29, 1.82) is 0 Å². The lowest BCUT2D eigenvalue weighted by molar-refractivity contribution is -0.138. The molecule has 0 amide bonds. The number of aliphatic carboxylic acids is 1. The van der Waals surface area contributed by atoms with Crippen LogP contribution < -0.4 is 4.74 Å². The highest BCUT2D eigenvalue weighted by atomic mass is 33.1. The third kappa shape index (κ3) is 10.4. The molecule has 1 heterocycles. The highest BCUT2D eigenvalue weighted by molar-refractivity contribution is 8.77. The monoisotopic (exact) mass is 600 g/mol. The van der Waals surface area contributed by atoms with Crippen molar-refractivity contribution >= 4 is 64.4 Å². The van der Waals surface area contributed by atoms with Gasteiger partial charge in [-0.25, -0.2) is 0 Å². The molecule has 3 aromatic carbocycles. The molecule has 0 spiro atoms. The maximum absolute atomic E-state index is 11.5. The second-order valence-electron chi connectivity index (χ2n) is 10.4. The lowest BCUT2D eigenvalue weighted by Gasteiger charge is -2.17. The van der Waals surface area contributed by atoms with Crippen LogP contribution in [0.15, 0.2) is 66.7 Å². The molecule has 0 bridgehead atoms. The van der Waals surface area contributed by atoms with Gasteiger partial charge in [-0.2, -0.15) is 0 Å². The van der Waals surface area contributed by atoms with Crippen molar-refractivity contribution in [3.8, 4) is 5.75 Å². The van der Waals surface area contributed by atoms with Gasteiger partial charge in [0.25, 0.3) is 0 Å². The molecule has 2 unspecified atom stereocenters. The Morgan fingerprint density at radius 3 is 2.02 bits per heavy atom. The summed E-state index contributed by atoms with van der Waals surface area (Å²) in [6.07, 6.45) is 14.7. The molecule has 1 aliphatic rings. The zero-order chi connectivity index (χ0) is 29.6. The molecule has 0 radical (unpaired) electrons. The summed E-state index contributed by atoms with van der Waals surface area (Å²) in [5.74, 6) is 1.37. The standard InChI is InChI=1S/C35H36O5S2/c36-24-30-9-4-26(5-10-30)3-8-29-14-17-32(16-13-27-6-11-31(25-37)12-7-27)34(22-29)40-20-1-2-28(23-35(38)39)15-18-33-19-21-41-42-33/h3-14,16-17,22,24-25,28,33H,1-2,15,18-21,23H2,(H,38,39)/b8-3+,16-13+.